The number of hydrogen-bond acceptors (Lipinski definition) is 4. The molecule has 5 nitrogen and oxygen atoms in total. The summed E-state index contributed by atoms with van der Waals surface area (Å²) in [4.78, 5) is 13.9. The SMILES string of the molecule is COC1CC2CC(NCC(=O)N3CCCC3C#N)CC2C1.Cl. The maximum atomic E-state index is 12.2. The predicted molar refractivity (Wildman–Crippen MR) is 85.6 cm³/mol. The molecule has 3 atom stereocenters. The number of nitrogens with zero attached hydrogens (tertiary/aromatic N) is 2. The van der Waals surface area contributed by atoms with Crippen LogP contribution in [-0.2, 0) is 9.53 Å². The average molecular weight is 328 g/mol. The molecule has 3 rings (SSSR count). The van der Waals surface area contributed by atoms with Crippen molar-refractivity contribution < 1.29 is 9.53 Å². The summed E-state index contributed by atoms with van der Waals surface area (Å²) in [6, 6.07) is 2.49. The molecule has 3 unspecified atom stereocenters. The molecule has 3 fully saturated rings. The highest BCUT2D eigenvalue weighted by atomic mass is 35.5. The van der Waals surface area contributed by atoms with Crippen molar-refractivity contribution >= 4 is 18.3 Å². The summed E-state index contributed by atoms with van der Waals surface area (Å²) in [6.07, 6.45) is 6.92. The number of ether oxygens (including phenoxy) is 1. The molecular formula is C16H26ClN3O2. The molecule has 0 spiro atoms. The number of amides is 1. The Morgan fingerprint density at radius 1 is 1.32 bits per heavy atom. The number of likely N-dealkylation sites (tertiary alicyclic amines) is 1. The van der Waals surface area contributed by atoms with Crippen LogP contribution in [0.2, 0.25) is 0 Å². The molecule has 0 aromatic rings. The first-order valence-electron chi connectivity index (χ1n) is 8.16. The Kier molecular flexibility index (Phi) is 6.08. The Morgan fingerprint density at radius 2 is 2.00 bits per heavy atom. The van der Waals surface area contributed by atoms with Crippen LogP contribution in [0.25, 0.3) is 0 Å². The molecule has 6 heteroatoms. The van der Waals surface area contributed by atoms with Gasteiger partial charge in [0.05, 0.1) is 18.7 Å². The van der Waals surface area contributed by atoms with E-state index in [-0.39, 0.29) is 24.4 Å². The monoisotopic (exact) mass is 327 g/mol. The van der Waals surface area contributed by atoms with Crippen molar-refractivity contribution in [2.45, 2.75) is 56.7 Å². The van der Waals surface area contributed by atoms with Gasteiger partial charge in [0.2, 0.25) is 5.91 Å². The van der Waals surface area contributed by atoms with Gasteiger partial charge in [0.1, 0.15) is 6.04 Å². The number of carbonyl (C=O) groups excluding carboxylic acids is 1. The van der Waals surface area contributed by atoms with Crippen molar-refractivity contribution in [3.8, 4) is 6.07 Å². The van der Waals surface area contributed by atoms with E-state index in [1.807, 2.05) is 7.11 Å². The fraction of sp³-hybridized carbons (Fsp3) is 0.875. The van der Waals surface area contributed by atoms with Gasteiger partial charge in [-0.15, -0.1) is 12.4 Å². The molecule has 1 heterocycles. The summed E-state index contributed by atoms with van der Waals surface area (Å²) in [6.45, 7) is 1.13. The quantitative estimate of drug-likeness (QED) is 0.853. The summed E-state index contributed by atoms with van der Waals surface area (Å²) >= 11 is 0. The lowest BCUT2D eigenvalue weighted by Crippen LogP contribution is -2.43. The van der Waals surface area contributed by atoms with Crippen LogP contribution in [0.5, 0.6) is 0 Å². The average Bonchev–Trinajstić information content (AvgIpc) is 3.17. The third kappa shape index (κ3) is 3.56. The van der Waals surface area contributed by atoms with Gasteiger partial charge in [0.15, 0.2) is 0 Å². The first-order chi connectivity index (χ1) is 10.2. The zero-order chi connectivity index (χ0) is 14.8. The normalized spacial score (nSPS) is 36.7. The number of halogens is 1. The van der Waals surface area contributed by atoms with Crippen molar-refractivity contribution in [1.82, 2.24) is 10.2 Å². The Balaban J connectivity index is 0.00000176. The summed E-state index contributed by atoms with van der Waals surface area (Å²) in [7, 11) is 1.81. The number of hydrogen-bond donors (Lipinski definition) is 1. The highest BCUT2D eigenvalue weighted by molar-refractivity contribution is 5.85. The van der Waals surface area contributed by atoms with Gasteiger partial charge >= 0.3 is 0 Å². The van der Waals surface area contributed by atoms with Gasteiger partial charge in [0.25, 0.3) is 0 Å². The van der Waals surface area contributed by atoms with Crippen molar-refractivity contribution in [3.05, 3.63) is 0 Å². The molecule has 1 N–H and O–H groups in total. The predicted octanol–water partition coefficient (Wildman–Crippen LogP) is 1.72. The third-order valence-electron chi connectivity index (χ3n) is 5.57. The van der Waals surface area contributed by atoms with E-state index in [1.54, 1.807) is 4.90 Å². The van der Waals surface area contributed by atoms with Gasteiger partial charge in [-0.1, -0.05) is 0 Å². The van der Waals surface area contributed by atoms with Crippen molar-refractivity contribution in [3.63, 3.8) is 0 Å². The van der Waals surface area contributed by atoms with Crippen LogP contribution in [0.4, 0.5) is 0 Å². The summed E-state index contributed by atoms with van der Waals surface area (Å²) < 4.78 is 5.46. The van der Waals surface area contributed by atoms with Crippen LogP contribution in [0.15, 0.2) is 0 Å². The van der Waals surface area contributed by atoms with Gasteiger partial charge < -0.3 is 15.0 Å². The standard InChI is InChI=1S/C16H25N3O2.ClH/c1-21-15-7-11-5-13(6-12(11)8-15)18-10-16(20)19-4-2-3-14(19)9-17;/h11-15,18H,2-8,10H2,1H3;1H. The molecule has 3 aliphatic rings. The molecule has 2 saturated carbocycles. The van der Waals surface area contributed by atoms with E-state index in [4.69, 9.17) is 10.00 Å². The summed E-state index contributed by atoms with van der Waals surface area (Å²) in [5, 5.41) is 12.5. The highest BCUT2D eigenvalue weighted by Crippen LogP contribution is 2.44. The molecule has 0 bridgehead atoms. The number of rotatable bonds is 4. The van der Waals surface area contributed by atoms with Crippen LogP contribution in [0, 0.1) is 23.2 Å². The highest BCUT2D eigenvalue weighted by Gasteiger charge is 2.41. The number of carbonyl (C=O) groups is 1. The number of nitriles is 1. The van der Waals surface area contributed by atoms with Crippen LogP contribution in [0.3, 0.4) is 0 Å². The van der Waals surface area contributed by atoms with Gasteiger partial charge in [-0.25, -0.2) is 0 Å². The van der Waals surface area contributed by atoms with Crippen molar-refractivity contribution in [2.24, 2.45) is 11.8 Å². The molecule has 0 aromatic heterocycles. The summed E-state index contributed by atoms with van der Waals surface area (Å²) in [5.41, 5.74) is 0. The van der Waals surface area contributed by atoms with E-state index >= 15 is 0 Å². The Bertz CT molecular complexity index is 426. The molecule has 1 amide bonds. The second-order valence-electron chi connectivity index (χ2n) is 6.77. The lowest BCUT2D eigenvalue weighted by molar-refractivity contribution is -0.130. The molecule has 22 heavy (non-hydrogen) atoms. The minimum atomic E-state index is -0.204. The molecule has 1 saturated heterocycles. The van der Waals surface area contributed by atoms with Crippen LogP contribution < -0.4 is 5.32 Å². The van der Waals surface area contributed by atoms with Crippen molar-refractivity contribution in [1.29, 1.82) is 5.26 Å². The number of nitrogens with one attached hydrogen (secondary N) is 1. The largest absolute Gasteiger partial charge is 0.381 e. The van der Waals surface area contributed by atoms with E-state index in [0.717, 1.165) is 31.2 Å². The zero-order valence-electron chi connectivity index (χ0n) is 13.2. The van der Waals surface area contributed by atoms with Crippen LogP contribution in [-0.4, -0.2) is 49.2 Å². The first-order valence-corrected chi connectivity index (χ1v) is 8.16. The van der Waals surface area contributed by atoms with E-state index in [0.29, 0.717) is 18.7 Å². The topological polar surface area (TPSA) is 65.4 Å². The Hall–Kier alpha value is -0.830. The van der Waals surface area contributed by atoms with E-state index in [9.17, 15) is 4.79 Å². The van der Waals surface area contributed by atoms with E-state index < -0.39 is 0 Å². The maximum Gasteiger partial charge on any atom is 0.237 e. The minimum absolute atomic E-state index is 0. The van der Waals surface area contributed by atoms with Crippen LogP contribution >= 0.6 is 12.4 Å². The lowest BCUT2D eigenvalue weighted by Gasteiger charge is -2.21. The number of fused-ring (bicyclic) bond motifs is 1. The second kappa shape index (κ2) is 7.63. The van der Waals surface area contributed by atoms with Crippen molar-refractivity contribution in [2.75, 3.05) is 20.2 Å². The fourth-order valence-electron chi connectivity index (χ4n) is 4.45. The Morgan fingerprint density at radius 3 is 2.59 bits per heavy atom. The lowest BCUT2D eigenvalue weighted by atomic mass is 10.0. The van der Waals surface area contributed by atoms with E-state index in [2.05, 4.69) is 11.4 Å². The summed E-state index contributed by atoms with van der Waals surface area (Å²) in [5.74, 6) is 1.62. The molecular weight excluding hydrogens is 302 g/mol. The maximum absolute atomic E-state index is 12.2. The zero-order valence-corrected chi connectivity index (χ0v) is 14.0. The molecule has 0 radical (unpaired) electrons. The van der Waals surface area contributed by atoms with Gasteiger partial charge in [-0.05, 0) is 50.4 Å². The molecule has 0 aromatic carbocycles. The third-order valence-corrected chi connectivity index (χ3v) is 5.57. The smallest absolute Gasteiger partial charge is 0.237 e. The van der Waals surface area contributed by atoms with Gasteiger partial charge in [-0.3, -0.25) is 4.79 Å². The van der Waals surface area contributed by atoms with E-state index in [1.165, 1.54) is 25.7 Å². The van der Waals surface area contributed by atoms with Crippen LogP contribution in [0.1, 0.15) is 38.5 Å². The fourth-order valence-corrected chi connectivity index (χ4v) is 4.45. The van der Waals surface area contributed by atoms with Gasteiger partial charge in [-0.2, -0.15) is 5.26 Å². The Labute approximate surface area is 138 Å². The second-order valence-corrected chi connectivity index (χ2v) is 6.77. The number of methoxy groups -OCH3 is 1. The first kappa shape index (κ1) is 17.5. The molecule has 2 aliphatic carbocycles. The van der Waals surface area contributed by atoms with Gasteiger partial charge in [0, 0.05) is 19.7 Å². The molecule has 1 aliphatic heterocycles. The minimum Gasteiger partial charge on any atom is -0.381 e. The molecule has 124 valence electrons.